The molecule has 1 heterocycles. The van der Waals surface area contributed by atoms with Crippen LogP contribution in [0, 0.1) is 0 Å². The molecule has 0 bridgehead atoms. The van der Waals surface area contributed by atoms with Gasteiger partial charge in [0.2, 0.25) is 5.69 Å². The van der Waals surface area contributed by atoms with Crippen LogP contribution in [0.2, 0.25) is 0 Å². The van der Waals surface area contributed by atoms with E-state index in [0.717, 1.165) is 5.69 Å². The van der Waals surface area contributed by atoms with Crippen LogP contribution in [0.1, 0.15) is 10.5 Å². The fourth-order valence-corrected chi connectivity index (χ4v) is 1.13. The highest BCUT2D eigenvalue weighted by Crippen LogP contribution is 2.15. The number of aromatic nitrogens is 3. The summed E-state index contributed by atoms with van der Waals surface area (Å²) in [6, 6.07) is 9.15. The summed E-state index contributed by atoms with van der Waals surface area (Å²) < 4.78 is 0. The first-order chi connectivity index (χ1) is 7.27. The Balaban J connectivity index is 2.25. The Kier molecular flexibility index (Phi) is 2.32. The topological polar surface area (TPSA) is 90.9 Å². The van der Waals surface area contributed by atoms with Gasteiger partial charge in [0.15, 0.2) is 5.82 Å². The second kappa shape index (κ2) is 3.79. The lowest BCUT2D eigenvalue weighted by Crippen LogP contribution is -2.02. The molecule has 0 atom stereocenters. The summed E-state index contributed by atoms with van der Waals surface area (Å²) >= 11 is 0. The molecule has 0 fully saturated rings. The van der Waals surface area contributed by atoms with Crippen LogP contribution in [0.3, 0.4) is 0 Å². The van der Waals surface area contributed by atoms with E-state index in [1.165, 1.54) is 0 Å². The number of nitrogens with zero attached hydrogens (tertiary/aromatic N) is 2. The van der Waals surface area contributed by atoms with Crippen molar-refractivity contribution in [3.63, 3.8) is 0 Å². The van der Waals surface area contributed by atoms with Gasteiger partial charge in [0.05, 0.1) is 0 Å². The Labute approximate surface area is 84.9 Å². The van der Waals surface area contributed by atoms with Crippen LogP contribution in [-0.4, -0.2) is 26.5 Å². The van der Waals surface area contributed by atoms with Crippen molar-refractivity contribution in [2.24, 2.45) is 0 Å². The zero-order valence-electron chi connectivity index (χ0n) is 7.64. The molecule has 0 aliphatic rings. The Morgan fingerprint density at radius 2 is 2.00 bits per heavy atom. The number of aromatic carboxylic acids is 1. The molecule has 15 heavy (non-hydrogen) atoms. The molecule has 0 amide bonds. The first kappa shape index (κ1) is 9.20. The fourth-order valence-electron chi connectivity index (χ4n) is 1.13. The van der Waals surface area contributed by atoms with Crippen LogP contribution in [0.5, 0.6) is 0 Å². The van der Waals surface area contributed by atoms with Crippen LogP contribution in [0.4, 0.5) is 11.5 Å². The minimum Gasteiger partial charge on any atom is -0.476 e. The van der Waals surface area contributed by atoms with Crippen molar-refractivity contribution in [1.29, 1.82) is 0 Å². The second-order valence-electron chi connectivity index (χ2n) is 2.82. The van der Waals surface area contributed by atoms with Crippen molar-refractivity contribution in [3.05, 3.63) is 36.0 Å². The van der Waals surface area contributed by atoms with Gasteiger partial charge in [-0.05, 0) is 12.1 Å². The molecule has 0 aliphatic heterocycles. The van der Waals surface area contributed by atoms with Crippen LogP contribution in [0.15, 0.2) is 30.3 Å². The number of H-pyrrole nitrogens is 1. The Bertz CT molecular complexity index is 466. The summed E-state index contributed by atoms with van der Waals surface area (Å²) in [4.78, 5) is 10.7. The maximum atomic E-state index is 10.7. The summed E-state index contributed by atoms with van der Waals surface area (Å²) in [6.07, 6.45) is 0. The van der Waals surface area contributed by atoms with E-state index in [1.54, 1.807) is 12.1 Å². The van der Waals surface area contributed by atoms with Gasteiger partial charge in [0.1, 0.15) is 0 Å². The maximum Gasteiger partial charge on any atom is 0.360 e. The predicted octanol–water partition coefficient (Wildman–Crippen LogP) is 1.25. The van der Waals surface area contributed by atoms with E-state index < -0.39 is 5.97 Å². The van der Waals surface area contributed by atoms with Crippen molar-refractivity contribution in [2.75, 3.05) is 5.32 Å². The number of benzene rings is 1. The lowest BCUT2D eigenvalue weighted by Gasteiger charge is -2.01. The van der Waals surface area contributed by atoms with E-state index in [4.69, 9.17) is 5.11 Å². The number of anilines is 2. The number of carboxylic acid groups (broad SMARTS) is 1. The number of rotatable bonds is 3. The third kappa shape index (κ3) is 1.93. The van der Waals surface area contributed by atoms with E-state index in [-0.39, 0.29) is 11.5 Å². The van der Waals surface area contributed by atoms with Crippen LogP contribution >= 0.6 is 0 Å². The van der Waals surface area contributed by atoms with Crippen LogP contribution in [0.25, 0.3) is 0 Å². The minimum absolute atomic E-state index is 0.126. The van der Waals surface area contributed by atoms with Crippen LogP contribution < -0.4 is 5.32 Å². The van der Waals surface area contributed by atoms with Crippen molar-refractivity contribution < 1.29 is 9.90 Å². The molecule has 1 aromatic carbocycles. The lowest BCUT2D eigenvalue weighted by molar-refractivity contribution is 0.0691. The van der Waals surface area contributed by atoms with Crippen LogP contribution in [-0.2, 0) is 0 Å². The van der Waals surface area contributed by atoms with Gasteiger partial charge in [0, 0.05) is 5.69 Å². The van der Waals surface area contributed by atoms with Crippen molar-refractivity contribution >= 4 is 17.5 Å². The second-order valence-corrected chi connectivity index (χ2v) is 2.82. The molecule has 0 saturated heterocycles. The largest absolute Gasteiger partial charge is 0.476 e. The monoisotopic (exact) mass is 204 g/mol. The molecule has 0 radical (unpaired) electrons. The molecular formula is C9H8N4O2. The van der Waals surface area contributed by atoms with Crippen molar-refractivity contribution in [1.82, 2.24) is 15.4 Å². The number of para-hydroxylation sites is 1. The molecule has 0 spiro atoms. The SMILES string of the molecule is O=C(O)c1n[nH]nc1Nc1ccccc1. The highest BCUT2D eigenvalue weighted by molar-refractivity contribution is 5.91. The van der Waals surface area contributed by atoms with Gasteiger partial charge in [-0.3, -0.25) is 0 Å². The first-order valence-corrected chi connectivity index (χ1v) is 4.23. The van der Waals surface area contributed by atoms with Crippen molar-refractivity contribution in [3.8, 4) is 0 Å². The van der Waals surface area contributed by atoms with E-state index in [0.29, 0.717) is 0 Å². The number of aromatic amines is 1. The standard InChI is InChI=1S/C9H8N4O2/c14-9(15)7-8(12-13-11-7)10-6-4-2-1-3-5-6/h1-5H,(H,14,15)(H2,10,11,12,13). The quantitative estimate of drug-likeness (QED) is 0.699. The molecule has 1 aromatic heterocycles. The molecule has 0 unspecified atom stereocenters. The summed E-state index contributed by atoms with van der Waals surface area (Å²) in [5, 5.41) is 21.1. The number of carboxylic acids is 1. The van der Waals surface area contributed by atoms with Gasteiger partial charge in [-0.15, -0.1) is 10.2 Å². The molecule has 0 aliphatic carbocycles. The van der Waals surface area contributed by atoms with E-state index in [1.807, 2.05) is 18.2 Å². The molecular weight excluding hydrogens is 196 g/mol. The van der Waals surface area contributed by atoms with Gasteiger partial charge >= 0.3 is 5.97 Å². The zero-order chi connectivity index (χ0) is 10.7. The third-order valence-electron chi connectivity index (χ3n) is 1.79. The molecule has 2 rings (SSSR count). The Hall–Kier alpha value is -2.37. The smallest absolute Gasteiger partial charge is 0.360 e. The van der Waals surface area contributed by atoms with Gasteiger partial charge in [0.25, 0.3) is 0 Å². The average Bonchev–Trinajstić information content (AvgIpc) is 2.67. The normalized spacial score (nSPS) is 9.87. The van der Waals surface area contributed by atoms with E-state index in [2.05, 4.69) is 20.7 Å². The van der Waals surface area contributed by atoms with Gasteiger partial charge in [-0.2, -0.15) is 5.21 Å². The van der Waals surface area contributed by atoms with Gasteiger partial charge in [-0.25, -0.2) is 4.79 Å². The minimum atomic E-state index is -1.12. The number of nitrogens with one attached hydrogen (secondary N) is 2. The highest BCUT2D eigenvalue weighted by atomic mass is 16.4. The maximum absolute atomic E-state index is 10.7. The highest BCUT2D eigenvalue weighted by Gasteiger charge is 2.14. The molecule has 6 nitrogen and oxygen atoms in total. The van der Waals surface area contributed by atoms with Gasteiger partial charge in [-0.1, -0.05) is 18.2 Å². The number of hydrogen-bond acceptors (Lipinski definition) is 4. The Morgan fingerprint density at radius 3 is 2.67 bits per heavy atom. The van der Waals surface area contributed by atoms with Gasteiger partial charge < -0.3 is 10.4 Å². The lowest BCUT2D eigenvalue weighted by atomic mass is 10.3. The molecule has 76 valence electrons. The fraction of sp³-hybridized carbons (Fsp3) is 0. The molecule has 6 heteroatoms. The van der Waals surface area contributed by atoms with E-state index >= 15 is 0 Å². The average molecular weight is 204 g/mol. The summed E-state index contributed by atoms with van der Waals surface area (Å²) in [5.74, 6) is -0.920. The Morgan fingerprint density at radius 1 is 1.27 bits per heavy atom. The predicted molar refractivity (Wildman–Crippen MR) is 53.1 cm³/mol. The summed E-state index contributed by atoms with van der Waals surface area (Å²) in [7, 11) is 0. The third-order valence-corrected chi connectivity index (χ3v) is 1.79. The summed E-state index contributed by atoms with van der Waals surface area (Å²) in [6.45, 7) is 0. The molecule has 0 saturated carbocycles. The first-order valence-electron chi connectivity index (χ1n) is 4.23. The zero-order valence-corrected chi connectivity index (χ0v) is 7.64. The van der Waals surface area contributed by atoms with Crippen molar-refractivity contribution in [2.45, 2.75) is 0 Å². The summed E-state index contributed by atoms with van der Waals surface area (Å²) in [5.41, 5.74) is 0.632. The number of hydrogen-bond donors (Lipinski definition) is 3. The molecule has 3 N–H and O–H groups in total. The van der Waals surface area contributed by atoms with E-state index in [9.17, 15) is 4.79 Å². The number of carbonyl (C=O) groups is 1. The molecule has 2 aromatic rings.